The summed E-state index contributed by atoms with van der Waals surface area (Å²) in [5, 5.41) is 2.28. The van der Waals surface area contributed by atoms with Crippen molar-refractivity contribution >= 4 is 29.2 Å². The number of nitrogens with one attached hydrogen (secondary N) is 1. The Hall–Kier alpha value is -1.29. The summed E-state index contributed by atoms with van der Waals surface area (Å²) in [5.74, 6) is -0.364. The van der Waals surface area contributed by atoms with Crippen LogP contribution in [0.15, 0.2) is 0 Å². The smallest absolute Gasteiger partial charge is 0.385 e. The number of ether oxygens (including phenoxy) is 2. The van der Waals surface area contributed by atoms with Crippen LogP contribution < -0.4 is 14.8 Å². The van der Waals surface area contributed by atoms with Crippen molar-refractivity contribution in [2.45, 2.75) is 11.1 Å². The van der Waals surface area contributed by atoms with Gasteiger partial charge in [-0.1, -0.05) is 0 Å². The Morgan fingerprint density at radius 2 is 1.33 bits per heavy atom. The molecule has 0 aromatic carbocycles. The van der Waals surface area contributed by atoms with Crippen LogP contribution >= 0.6 is 23.2 Å². The number of hydrogen-bond acceptors (Lipinski definition) is 6. The molecule has 0 spiro atoms. The van der Waals surface area contributed by atoms with Crippen molar-refractivity contribution in [2.75, 3.05) is 12.4 Å². The molecule has 6 nitrogen and oxygen atoms in total. The van der Waals surface area contributed by atoms with E-state index < -0.39 is 23.2 Å². The van der Waals surface area contributed by atoms with Crippen LogP contribution in [0.5, 0.6) is 12.0 Å². The lowest BCUT2D eigenvalue weighted by Gasteiger charge is -2.12. The van der Waals surface area contributed by atoms with Crippen molar-refractivity contribution in [3.63, 3.8) is 0 Å². The third-order valence-electron chi connectivity index (χ3n) is 1.23. The zero-order chi connectivity index (χ0) is 14.0. The summed E-state index contributed by atoms with van der Waals surface area (Å²) in [5.41, 5.74) is -8.24. The summed E-state index contributed by atoms with van der Waals surface area (Å²) in [6, 6.07) is -2.05. The molecule has 1 N–H and O–H groups in total. The summed E-state index contributed by atoms with van der Waals surface area (Å²) < 4.78 is 56.8. The summed E-state index contributed by atoms with van der Waals surface area (Å²) in [4.78, 5) is 9.58. The maximum Gasteiger partial charge on any atom is 0.489 e. The molecule has 18 heavy (non-hydrogen) atoms. The van der Waals surface area contributed by atoms with Gasteiger partial charge in [0.25, 0.3) is 0 Å². The Morgan fingerprint density at radius 1 is 0.944 bits per heavy atom. The van der Waals surface area contributed by atoms with E-state index in [9.17, 15) is 17.6 Å². The van der Waals surface area contributed by atoms with E-state index in [1.165, 1.54) is 7.05 Å². The van der Waals surface area contributed by atoms with Crippen molar-refractivity contribution in [1.82, 2.24) is 15.0 Å². The third kappa shape index (κ3) is 5.36. The molecule has 0 bridgehead atoms. The lowest BCUT2D eigenvalue weighted by molar-refractivity contribution is -0.109. The molecule has 0 aliphatic carbocycles. The predicted molar refractivity (Wildman–Crippen MR) is 52.2 cm³/mol. The molecular formula is C6H4Cl2F4N4O2. The largest absolute Gasteiger partial charge is 0.489 e. The average Bonchev–Trinajstić information content (AvgIpc) is 2.11. The van der Waals surface area contributed by atoms with Crippen LogP contribution in [0.2, 0.25) is 0 Å². The topological polar surface area (TPSA) is 69.2 Å². The van der Waals surface area contributed by atoms with E-state index in [1.54, 1.807) is 0 Å². The monoisotopic (exact) mass is 310 g/mol. The van der Waals surface area contributed by atoms with E-state index >= 15 is 0 Å². The standard InChI is InChI=1S/C6H4Cl2F4N4O2/c1-13-2-14-3(17-5(7,9)10)16-4(15-2)18-6(8,11)12/h1H3,(H,13,14,15,16). The normalized spacial score (nSPS) is 12.2. The molecule has 0 saturated heterocycles. The zero-order valence-electron chi connectivity index (χ0n) is 8.43. The molecule has 0 amide bonds. The number of anilines is 1. The Morgan fingerprint density at radius 3 is 1.61 bits per heavy atom. The Kier molecular flexibility index (Phi) is 4.22. The van der Waals surface area contributed by atoms with Gasteiger partial charge in [-0.05, 0) is 0 Å². The van der Waals surface area contributed by atoms with Crippen LogP contribution in [0.4, 0.5) is 23.5 Å². The molecule has 0 atom stereocenters. The van der Waals surface area contributed by atoms with Crippen LogP contribution in [-0.2, 0) is 0 Å². The highest BCUT2D eigenvalue weighted by atomic mass is 35.5. The number of nitrogens with zero attached hydrogens (tertiary/aromatic N) is 3. The van der Waals surface area contributed by atoms with Gasteiger partial charge in [0, 0.05) is 30.2 Å². The van der Waals surface area contributed by atoms with Gasteiger partial charge in [-0.15, -0.1) is 22.5 Å². The molecule has 1 aromatic heterocycles. The second-order valence-corrected chi connectivity index (χ2v) is 3.45. The Labute approximate surface area is 107 Å². The first-order valence-electron chi connectivity index (χ1n) is 4.04. The van der Waals surface area contributed by atoms with Gasteiger partial charge in [0.15, 0.2) is 0 Å². The summed E-state index contributed by atoms with van der Waals surface area (Å²) >= 11 is 8.91. The van der Waals surface area contributed by atoms with Crippen molar-refractivity contribution in [2.24, 2.45) is 0 Å². The second-order valence-electron chi connectivity index (χ2n) is 2.57. The molecule has 1 heterocycles. The average molecular weight is 311 g/mol. The van der Waals surface area contributed by atoms with Crippen LogP contribution in [-0.4, -0.2) is 33.1 Å². The van der Waals surface area contributed by atoms with Crippen molar-refractivity contribution < 1.29 is 27.0 Å². The van der Waals surface area contributed by atoms with E-state index in [-0.39, 0.29) is 5.95 Å². The van der Waals surface area contributed by atoms with E-state index in [0.29, 0.717) is 0 Å². The molecular weight excluding hydrogens is 307 g/mol. The van der Waals surface area contributed by atoms with E-state index in [1.807, 2.05) is 0 Å². The minimum atomic E-state index is -4.12. The quantitative estimate of drug-likeness (QED) is 0.664. The Bertz CT molecular complexity index is 391. The fourth-order valence-electron chi connectivity index (χ4n) is 0.748. The molecule has 1 rings (SSSR count). The van der Waals surface area contributed by atoms with Crippen molar-refractivity contribution in [3.05, 3.63) is 0 Å². The second kappa shape index (κ2) is 5.14. The highest BCUT2D eigenvalue weighted by Gasteiger charge is 2.32. The third-order valence-corrected chi connectivity index (χ3v) is 1.39. The van der Waals surface area contributed by atoms with Crippen LogP contribution in [0.3, 0.4) is 0 Å². The number of alkyl halides is 6. The molecule has 0 fully saturated rings. The maximum absolute atomic E-state index is 12.3. The fourth-order valence-corrected chi connectivity index (χ4v) is 0.886. The van der Waals surface area contributed by atoms with E-state index in [0.717, 1.165) is 0 Å². The lowest BCUT2D eigenvalue weighted by atomic mass is 10.8. The zero-order valence-corrected chi connectivity index (χ0v) is 9.94. The van der Waals surface area contributed by atoms with Crippen LogP contribution in [0.1, 0.15) is 0 Å². The van der Waals surface area contributed by atoms with E-state index in [4.69, 9.17) is 0 Å². The maximum atomic E-state index is 12.3. The summed E-state index contributed by atoms with van der Waals surface area (Å²) in [6.45, 7) is 0. The predicted octanol–water partition coefficient (Wildman–Crippen LogP) is 2.25. The van der Waals surface area contributed by atoms with Gasteiger partial charge in [-0.25, -0.2) is 0 Å². The number of halogens is 6. The van der Waals surface area contributed by atoms with Gasteiger partial charge in [0.1, 0.15) is 0 Å². The minimum absolute atomic E-state index is 0.364. The molecule has 0 aliphatic rings. The first-order chi connectivity index (χ1) is 8.09. The number of hydrogen-bond donors (Lipinski definition) is 1. The summed E-state index contributed by atoms with van der Waals surface area (Å²) in [6.07, 6.45) is 0. The molecule has 1 aromatic rings. The fraction of sp³-hybridized carbons (Fsp3) is 0.500. The highest BCUT2D eigenvalue weighted by molar-refractivity contribution is 6.21. The van der Waals surface area contributed by atoms with Crippen molar-refractivity contribution in [1.29, 1.82) is 0 Å². The number of aromatic nitrogens is 3. The van der Waals surface area contributed by atoms with Gasteiger partial charge in [-0.3, -0.25) is 0 Å². The molecule has 0 radical (unpaired) electrons. The SMILES string of the molecule is CNc1nc(OC(F)(F)Cl)nc(OC(F)(F)Cl)n1. The molecule has 0 aliphatic heterocycles. The lowest BCUT2D eigenvalue weighted by Crippen LogP contribution is -2.21. The highest BCUT2D eigenvalue weighted by Crippen LogP contribution is 2.26. The molecule has 12 heteroatoms. The minimum Gasteiger partial charge on any atom is -0.385 e. The first kappa shape index (κ1) is 14.8. The van der Waals surface area contributed by atoms with Gasteiger partial charge in [0.2, 0.25) is 5.95 Å². The molecule has 102 valence electrons. The van der Waals surface area contributed by atoms with Crippen LogP contribution in [0.25, 0.3) is 0 Å². The van der Waals surface area contributed by atoms with E-state index in [2.05, 4.69) is 52.9 Å². The van der Waals surface area contributed by atoms with Gasteiger partial charge in [0.05, 0.1) is 0 Å². The van der Waals surface area contributed by atoms with Crippen LogP contribution in [0, 0.1) is 0 Å². The van der Waals surface area contributed by atoms with Gasteiger partial charge < -0.3 is 14.8 Å². The van der Waals surface area contributed by atoms with Crippen molar-refractivity contribution in [3.8, 4) is 12.0 Å². The van der Waals surface area contributed by atoms with Gasteiger partial charge in [-0.2, -0.15) is 9.97 Å². The molecule has 0 unspecified atom stereocenters. The number of rotatable bonds is 5. The summed E-state index contributed by atoms with van der Waals surface area (Å²) in [7, 11) is 1.29. The van der Waals surface area contributed by atoms with Gasteiger partial charge >= 0.3 is 23.2 Å². The first-order valence-corrected chi connectivity index (χ1v) is 4.80. The Balaban J connectivity index is 3.02. The molecule has 0 saturated carbocycles.